The van der Waals surface area contributed by atoms with Crippen LogP contribution in [0.15, 0.2) is 42.5 Å². The number of ether oxygens (including phenoxy) is 1. The average molecular weight is 423 g/mol. The molecule has 2 aromatic carbocycles. The van der Waals surface area contributed by atoms with Crippen LogP contribution in [0.2, 0.25) is 10.0 Å². The lowest BCUT2D eigenvalue weighted by Gasteiger charge is -2.07. The van der Waals surface area contributed by atoms with Gasteiger partial charge in [-0.05, 0) is 36.8 Å². The third-order valence-corrected chi connectivity index (χ3v) is 4.81. The van der Waals surface area contributed by atoms with E-state index in [1.807, 2.05) is 24.3 Å². The molecule has 0 aliphatic rings. The van der Waals surface area contributed by atoms with Gasteiger partial charge in [0.25, 0.3) is 0 Å². The molecule has 3 aromatic rings. The van der Waals surface area contributed by atoms with E-state index >= 15 is 0 Å². The zero-order chi connectivity index (χ0) is 19.2. The van der Waals surface area contributed by atoms with Crippen molar-refractivity contribution >= 4 is 51.4 Å². The van der Waals surface area contributed by atoms with Crippen LogP contribution in [0.5, 0.6) is 5.75 Å². The fourth-order valence-electron chi connectivity index (χ4n) is 2.17. The van der Waals surface area contributed by atoms with Gasteiger partial charge in [0.15, 0.2) is 0 Å². The lowest BCUT2D eigenvalue weighted by atomic mass is 10.2. The minimum Gasteiger partial charge on any atom is -0.494 e. The highest BCUT2D eigenvalue weighted by atomic mass is 35.5. The fraction of sp³-hybridized carbons (Fsp3) is 0.167. The van der Waals surface area contributed by atoms with E-state index in [0.29, 0.717) is 32.5 Å². The van der Waals surface area contributed by atoms with Crippen molar-refractivity contribution in [3.8, 4) is 16.3 Å². The minimum absolute atomic E-state index is 0.347. The quantitative estimate of drug-likeness (QED) is 0.514. The Kier molecular flexibility index (Phi) is 6.49. The summed E-state index contributed by atoms with van der Waals surface area (Å²) in [6.07, 6.45) is 0.934. The Bertz CT molecular complexity index is 949. The van der Waals surface area contributed by atoms with Crippen LogP contribution in [-0.4, -0.2) is 22.8 Å². The summed E-state index contributed by atoms with van der Waals surface area (Å²) in [7, 11) is 0. The van der Waals surface area contributed by atoms with E-state index in [1.54, 1.807) is 18.2 Å². The summed E-state index contributed by atoms with van der Waals surface area (Å²) in [5, 5.41) is 15.3. The first kappa shape index (κ1) is 19.4. The van der Waals surface area contributed by atoms with Gasteiger partial charge in [0.1, 0.15) is 10.8 Å². The van der Waals surface area contributed by atoms with Crippen molar-refractivity contribution in [2.45, 2.75) is 13.3 Å². The number of carbonyl (C=O) groups excluding carboxylic acids is 1. The van der Waals surface area contributed by atoms with Crippen LogP contribution in [-0.2, 0) is 0 Å². The van der Waals surface area contributed by atoms with Gasteiger partial charge in [0, 0.05) is 10.6 Å². The first-order valence-electron chi connectivity index (χ1n) is 8.15. The van der Waals surface area contributed by atoms with Crippen molar-refractivity contribution < 1.29 is 9.53 Å². The van der Waals surface area contributed by atoms with E-state index in [0.717, 1.165) is 17.7 Å². The Labute approximate surface area is 170 Å². The molecule has 0 aliphatic heterocycles. The van der Waals surface area contributed by atoms with Crippen LogP contribution in [0, 0.1) is 0 Å². The Hall–Kier alpha value is -2.35. The number of benzene rings is 2. The van der Waals surface area contributed by atoms with E-state index in [-0.39, 0.29) is 0 Å². The van der Waals surface area contributed by atoms with Gasteiger partial charge < -0.3 is 10.1 Å². The van der Waals surface area contributed by atoms with Gasteiger partial charge in [0.05, 0.1) is 17.3 Å². The van der Waals surface area contributed by atoms with Crippen molar-refractivity contribution in [2.24, 2.45) is 0 Å². The number of rotatable bonds is 6. The Morgan fingerprint density at radius 2 is 2.00 bits per heavy atom. The van der Waals surface area contributed by atoms with Gasteiger partial charge in [-0.1, -0.05) is 53.6 Å². The second-order valence-corrected chi connectivity index (χ2v) is 7.31. The second-order valence-electron chi connectivity index (χ2n) is 5.49. The molecule has 1 aromatic heterocycles. The molecule has 27 heavy (non-hydrogen) atoms. The normalized spacial score (nSPS) is 10.5. The molecule has 0 saturated heterocycles. The van der Waals surface area contributed by atoms with Gasteiger partial charge in [-0.3, -0.25) is 5.32 Å². The van der Waals surface area contributed by atoms with E-state index in [1.165, 1.54) is 11.3 Å². The Morgan fingerprint density at radius 3 is 2.78 bits per heavy atom. The number of aromatic nitrogens is 2. The molecule has 0 spiro atoms. The van der Waals surface area contributed by atoms with Crippen LogP contribution in [0.4, 0.5) is 15.6 Å². The largest absolute Gasteiger partial charge is 0.494 e. The predicted octanol–water partition coefficient (Wildman–Crippen LogP) is 5.94. The van der Waals surface area contributed by atoms with Crippen molar-refractivity contribution in [3.63, 3.8) is 0 Å². The fourth-order valence-corrected chi connectivity index (χ4v) is 3.36. The van der Waals surface area contributed by atoms with Crippen molar-refractivity contribution in [3.05, 3.63) is 52.5 Å². The standard InChI is InChI=1S/C18H16Cl2N4O2S/c1-2-8-26-13-5-3-4-11(9-13)16-23-24-18(27-16)22-17(25)21-15-7-6-12(19)10-14(15)20/h3-7,9-10H,2,8H2,1H3,(H2,21,22,24,25). The molecular formula is C18H16Cl2N4O2S. The smallest absolute Gasteiger partial charge is 0.325 e. The number of hydrogen-bond donors (Lipinski definition) is 2. The van der Waals surface area contributed by atoms with Crippen LogP contribution in [0.3, 0.4) is 0 Å². The van der Waals surface area contributed by atoms with Gasteiger partial charge in [0.2, 0.25) is 5.13 Å². The molecule has 3 rings (SSSR count). The Balaban J connectivity index is 1.66. The van der Waals surface area contributed by atoms with Crippen molar-refractivity contribution in [2.75, 3.05) is 17.2 Å². The van der Waals surface area contributed by atoms with Gasteiger partial charge in [-0.25, -0.2) is 4.79 Å². The summed E-state index contributed by atoms with van der Waals surface area (Å²) < 4.78 is 5.63. The average Bonchev–Trinajstić information content (AvgIpc) is 3.11. The molecule has 0 aliphatic carbocycles. The van der Waals surface area contributed by atoms with Crippen LogP contribution in [0.1, 0.15) is 13.3 Å². The van der Waals surface area contributed by atoms with Gasteiger partial charge in [-0.15, -0.1) is 10.2 Å². The van der Waals surface area contributed by atoms with Gasteiger partial charge in [-0.2, -0.15) is 0 Å². The molecule has 0 saturated carbocycles. The van der Waals surface area contributed by atoms with E-state index in [2.05, 4.69) is 27.8 Å². The monoisotopic (exact) mass is 422 g/mol. The lowest BCUT2D eigenvalue weighted by Crippen LogP contribution is -2.19. The number of anilines is 2. The summed E-state index contributed by atoms with van der Waals surface area (Å²) in [5.41, 5.74) is 1.32. The summed E-state index contributed by atoms with van der Waals surface area (Å²) in [6, 6.07) is 11.9. The van der Waals surface area contributed by atoms with Crippen LogP contribution in [0.25, 0.3) is 10.6 Å². The van der Waals surface area contributed by atoms with E-state index in [4.69, 9.17) is 27.9 Å². The summed E-state index contributed by atoms with van der Waals surface area (Å²) in [5.74, 6) is 0.772. The topological polar surface area (TPSA) is 76.1 Å². The first-order valence-corrected chi connectivity index (χ1v) is 9.72. The molecule has 9 heteroatoms. The second kappa shape index (κ2) is 9.03. The minimum atomic E-state index is -0.470. The van der Waals surface area contributed by atoms with Crippen LogP contribution < -0.4 is 15.4 Å². The lowest BCUT2D eigenvalue weighted by molar-refractivity contribution is 0.262. The van der Waals surface area contributed by atoms with E-state index in [9.17, 15) is 4.79 Å². The number of hydrogen-bond acceptors (Lipinski definition) is 5. The van der Waals surface area contributed by atoms with Crippen LogP contribution >= 0.6 is 34.5 Å². The number of nitrogens with zero attached hydrogens (tertiary/aromatic N) is 2. The number of urea groups is 1. The molecule has 0 atom stereocenters. The number of nitrogens with one attached hydrogen (secondary N) is 2. The predicted molar refractivity (Wildman–Crippen MR) is 110 cm³/mol. The molecule has 140 valence electrons. The maximum atomic E-state index is 12.1. The summed E-state index contributed by atoms with van der Waals surface area (Å²) in [6.45, 7) is 2.70. The molecule has 1 heterocycles. The maximum Gasteiger partial charge on any atom is 0.325 e. The summed E-state index contributed by atoms with van der Waals surface area (Å²) in [4.78, 5) is 12.1. The molecular weight excluding hydrogens is 407 g/mol. The highest BCUT2D eigenvalue weighted by Crippen LogP contribution is 2.29. The third-order valence-electron chi connectivity index (χ3n) is 3.38. The molecule has 0 unspecified atom stereocenters. The third kappa shape index (κ3) is 5.32. The zero-order valence-electron chi connectivity index (χ0n) is 14.3. The molecule has 2 amide bonds. The highest BCUT2D eigenvalue weighted by Gasteiger charge is 2.12. The first-order chi connectivity index (χ1) is 13.0. The summed E-state index contributed by atoms with van der Waals surface area (Å²) >= 11 is 13.2. The SMILES string of the molecule is CCCOc1cccc(-c2nnc(NC(=O)Nc3ccc(Cl)cc3Cl)s2)c1. The number of carbonyl (C=O) groups is 1. The molecule has 0 fully saturated rings. The van der Waals surface area contributed by atoms with Crippen molar-refractivity contribution in [1.29, 1.82) is 0 Å². The van der Waals surface area contributed by atoms with E-state index < -0.39 is 6.03 Å². The van der Waals surface area contributed by atoms with Gasteiger partial charge >= 0.3 is 6.03 Å². The molecule has 6 nitrogen and oxygen atoms in total. The Morgan fingerprint density at radius 1 is 1.15 bits per heavy atom. The molecule has 2 N–H and O–H groups in total. The highest BCUT2D eigenvalue weighted by molar-refractivity contribution is 7.18. The number of halogens is 2. The molecule has 0 bridgehead atoms. The molecule has 0 radical (unpaired) electrons. The maximum absolute atomic E-state index is 12.1. The zero-order valence-corrected chi connectivity index (χ0v) is 16.7. The van der Waals surface area contributed by atoms with Crippen molar-refractivity contribution in [1.82, 2.24) is 10.2 Å². The number of amides is 2.